The maximum Gasteiger partial charge on any atom is 0.227 e. The van der Waals surface area contributed by atoms with Gasteiger partial charge in [0.25, 0.3) is 0 Å². The summed E-state index contributed by atoms with van der Waals surface area (Å²) in [5, 5.41) is 7.06. The second-order valence-electron chi connectivity index (χ2n) is 7.15. The van der Waals surface area contributed by atoms with Gasteiger partial charge in [-0.15, -0.1) is 0 Å². The van der Waals surface area contributed by atoms with E-state index in [0.717, 1.165) is 22.3 Å². The number of nitrogens with one attached hydrogen (secondary N) is 1. The van der Waals surface area contributed by atoms with Gasteiger partial charge in [0.15, 0.2) is 0 Å². The van der Waals surface area contributed by atoms with Crippen LogP contribution in [0.2, 0.25) is 0 Å². The third kappa shape index (κ3) is 4.81. The number of aromatic nitrogens is 2. The Morgan fingerprint density at radius 1 is 0.867 bits per heavy atom. The quantitative estimate of drug-likeness (QED) is 0.465. The molecule has 0 spiro atoms. The molecule has 0 bridgehead atoms. The summed E-state index contributed by atoms with van der Waals surface area (Å²) in [6.45, 7) is 1.97. The second-order valence-corrected chi connectivity index (χ2v) is 7.15. The number of hydrogen-bond acceptors (Lipinski definition) is 4. The Morgan fingerprint density at radius 2 is 1.47 bits per heavy atom. The molecule has 4 rings (SSSR count). The van der Waals surface area contributed by atoms with Gasteiger partial charge >= 0.3 is 0 Å². The molecule has 0 saturated carbocycles. The fourth-order valence-electron chi connectivity index (χ4n) is 3.28. The van der Waals surface area contributed by atoms with Crippen molar-refractivity contribution in [2.45, 2.75) is 25.8 Å². The summed E-state index contributed by atoms with van der Waals surface area (Å²) < 4.78 is 5.33. The number of aryl methyl sites for hydroxylation is 1. The predicted octanol–water partition coefficient (Wildman–Crippen LogP) is 5.21. The topological polar surface area (TPSA) is 68.0 Å². The Labute approximate surface area is 175 Å². The summed E-state index contributed by atoms with van der Waals surface area (Å²) in [6.07, 6.45) is 0.703. The number of hydrogen-bond donors (Lipinski definition) is 1. The van der Waals surface area contributed by atoms with Crippen molar-refractivity contribution < 1.29 is 9.32 Å². The third-order valence-electron chi connectivity index (χ3n) is 4.96. The molecule has 3 aromatic carbocycles. The van der Waals surface area contributed by atoms with Gasteiger partial charge in [0.2, 0.25) is 17.6 Å². The van der Waals surface area contributed by atoms with Crippen LogP contribution in [-0.2, 0) is 11.2 Å². The monoisotopic (exact) mass is 397 g/mol. The van der Waals surface area contributed by atoms with Crippen molar-refractivity contribution in [2.24, 2.45) is 0 Å². The average Bonchev–Trinajstić information content (AvgIpc) is 3.28. The van der Waals surface area contributed by atoms with Gasteiger partial charge in [0.05, 0.1) is 6.04 Å². The molecule has 1 amide bonds. The van der Waals surface area contributed by atoms with Crippen LogP contribution in [-0.4, -0.2) is 16.0 Å². The van der Waals surface area contributed by atoms with Crippen LogP contribution in [0.4, 0.5) is 0 Å². The van der Waals surface area contributed by atoms with Crippen molar-refractivity contribution in [1.82, 2.24) is 15.5 Å². The molecule has 1 N–H and O–H groups in total. The van der Waals surface area contributed by atoms with E-state index in [9.17, 15) is 4.79 Å². The molecule has 0 fully saturated rings. The summed E-state index contributed by atoms with van der Waals surface area (Å²) in [5.74, 6) is 0.945. The molecule has 0 unspecified atom stereocenters. The Kier molecular flexibility index (Phi) is 5.99. The zero-order chi connectivity index (χ0) is 20.8. The summed E-state index contributed by atoms with van der Waals surface area (Å²) in [6, 6.07) is 28.1. The number of amides is 1. The summed E-state index contributed by atoms with van der Waals surface area (Å²) in [5.41, 5.74) is 4.25. The highest BCUT2D eigenvalue weighted by Crippen LogP contribution is 2.23. The molecule has 0 aliphatic rings. The first-order valence-corrected chi connectivity index (χ1v) is 10.0. The van der Waals surface area contributed by atoms with Crippen LogP contribution in [0, 0.1) is 0 Å². The van der Waals surface area contributed by atoms with E-state index in [1.54, 1.807) is 0 Å². The SMILES string of the molecule is C[C@H](NC(=O)CCc1nc(-c2ccc(-c3ccccc3)cc2)no1)c1ccccc1. The number of carbonyl (C=O) groups excluding carboxylic acids is 1. The minimum Gasteiger partial charge on any atom is -0.350 e. The lowest BCUT2D eigenvalue weighted by molar-refractivity contribution is -0.121. The average molecular weight is 397 g/mol. The summed E-state index contributed by atoms with van der Waals surface area (Å²) in [4.78, 5) is 16.7. The van der Waals surface area contributed by atoms with Gasteiger partial charge in [-0.25, -0.2) is 0 Å². The first-order valence-electron chi connectivity index (χ1n) is 10.0. The van der Waals surface area contributed by atoms with Crippen LogP contribution in [0.15, 0.2) is 89.5 Å². The second kappa shape index (κ2) is 9.18. The van der Waals surface area contributed by atoms with E-state index < -0.39 is 0 Å². The van der Waals surface area contributed by atoms with Gasteiger partial charge in [-0.1, -0.05) is 90.1 Å². The van der Waals surface area contributed by atoms with Crippen LogP contribution in [0.1, 0.15) is 30.8 Å². The number of benzene rings is 3. The zero-order valence-corrected chi connectivity index (χ0v) is 16.8. The maximum absolute atomic E-state index is 12.2. The first-order chi connectivity index (χ1) is 14.7. The molecule has 5 nitrogen and oxygen atoms in total. The summed E-state index contributed by atoms with van der Waals surface area (Å²) >= 11 is 0. The molecule has 0 aliphatic heterocycles. The van der Waals surface area contributed by atoms with E-state index >= 15 is 0 Å². The van der Waals surface area contributed by atoms with Gasteiger partial charge in [-0.05, 0) is 23.6 Å². The van der Waals surface area contributed by atoms with E-state index in [4.69, 9.17) is 4.52 Å². The Bertz CT molecular complexity index is 1090. The lowest BCUT2D eigenvalue weighted by Crippen LogP contribution is -2.26. The molecule has 0 aliphatic carbocycles. The van der Waals surface area contributed by atoms with Gasteiger partial charge in [0.1, 0.15) is 0 Å². The Hall–Kier alpha value is -3.73. The normalized spacial score (nSPS) is 11.8. The Morgan fingerprint density at radius 3 is 2.17 bits per heavy atom. The highest BCUT2D eigenvalue weighted by molar-refractivity contribution is 5.76. The number of nitrogens with zero attached hydrogens (tertiary/aromatic N) is 2. The minimum absolute atomic E-state index is 0.0416. The largest absolute Gasteiger partial charge is 0.350 e. The number of rotatable bonds is 7. The highest BCUT2D eigenvalue weighted by atomic mass is 16.5. The van der Waals surface area contributed by atoms with Crippen LogP contribution < -0.4 is 5.32 Å². The van der Waals surface area contributed by atoms with E-state index in [2.05, 4.69) is 27.6 Å². The lowest BCUT2D eigenvalue weighted by Gasteiger charge is -2.13. The van der Waals surface area contributed by atoms with Crippen LogP contribution in [0.3, 0.4) is 0 Å². The maximum atomic E-state index is 12.2. The molecule has 150 valence electrons. The molecule has 5 heteroatoms. The van der Waals surface area contributed by atoms with E-state index in [-0.39, 0.29) is 11.9 Å². The van der Waals surface area contributed by atoms with E-state index in [1.807, 2.05) is 79.7 Å². The van der Waals surface area contributed by atoms with Crippen LogP contribution in [0.25, 0.3) is 22.5 Å². The standard InChI is InChI=1S/C25H23N3O2/c1-18(19-8-4-2-5-9-19)26-23(29)16-17-24-27-25(28-30-24)22-14-12-21(13-15-22)20-10-6-3-7-11-20/h2-15,18H,16-17H2,1H3,(H,26,29)/t18-/m0/s1. The van der Waals surface area contributed by atoms with E-state index in [0.29, 0.717) is 24.6 Å². The van der Waals surface area contributed by atoms with Crippen molar-refractivity contribution in [1.29, 1.82) is 0 Å². The molecule has 1 atom stereocenters. The van der Waals surface area contributed by atoms with Gasteiger partial charge < -0.3 is 9.84 Å². The van der Waals surface area contributed by atoms with Gasteiger partial charge in [-0.3, -0.25) is 4.79 Å². The van der Waals surface area contributed by atoms with Crippen molar-refractivity contribution in [2.75, 3.05) is 0 Å². The fraction of sp³-hybridized carbons (Fsp3) is 0.160. The van der Waals surface area contributed by atoms with Crippen molar-refractivity contribution >= 4 is 5.91 Å². The molecule has 1 aromatic heterocycles. The molecular formula is C25H23N3O2. The third-order valence-corrected chi connectivity index (χ3v) is 4.96. The molecule has 0 saturated heterocycles. The van der Waals surface area contributed by atoms with Crippen LogP contribution >= 0.6 is 0 Å². The summed E-state index contributed by atoms with van der Waals surface area (Å²) in [7, 11) is 0. The molecule has 0 radical (unpaired) electrons. The van der Waals surface area contributed by atoms with Crippen molar-refractivity contribution in [3.8, 4) is 22.5 Å². The van der Waals surface area contributed by atoms with Gasteiger partial charge in [-0.2, -0.15) is 4.98 Å². The van der Waals surface area contributed by atoms with Crippen molar-refractivity contribution in [3.05, 3.63) is 96.4 Å². The van der Waals surface area contributed by atoms with E-state index in [1.165, 1.54) is 0 Å². The minimum atomic E-state index is -0.0432. The highest BCUT2D eigenvalue weighted by Gasteiger charge is 2.13. The van der Waals surface area contributed by atoms with Crippen LogP contribution in [0.5, 0.6) is 0 Å². The predicted molar refractivity (Wildman–Crippen MR) is 116 cm³/mol. The smallest absolute Gasteiger partial charge is 0.227 e. The molecular weight excluding hydrogens is 374 g/mol. The van der Waals surface area contributed by atoms with Gasteiger partial charge in [0, 0.05) is 18.4 Å². The molecule has 1 heterocycles. The first kappa shape index (κ1) is 19.6. The molecule has 4 aromatic rings. The Balaban J connectivity index is 1.33. The van der Waals surface area contributed by atoms with Crippen molar-refractivity contribution in [3.63, 3.8) is 0 Å². The molecule has 30 heavy (non-hydrogen) atoms. The number of carbonyl (C=O) groups is 1. The zero-order valence-electron chi connectivity index (χ0n) is 16.8. The fourth-order valence-corrected chi connectivity index (χ4v) is 3.28. The lowest BCUT2D eigenvalue weighted by atomic mass is 10.0.